The largest absolute Gasteiger partial charge is 0.326 e. The maximum absolute atomic E-state index is 14.1. The highest BCUT2D eigenvalue weighted by Gasteiger charge is 2.59. The number of hydrogen-bond donors (Lipinski definition) is 1. The summed E-state index contributed by atoms with van der Waals surface area (Å²) in [6.07, 6.45) is 0.0399. The third-order valence-corrected chi connectivity index (χ3v) is 5.53. The monoisotopic (exact) mass is 349 g/mol. The summed E-state index contributed by atoms with van der Waals surface area (Å²) in [7, 11) is 0. The van der Waals surface area contributed by atoms with Crippen molar-refractivity contribution < 1.29 is 18.4 Å². The molecule has 1 N–H and O–H groups in total. The molecule has 0 aromatic heterocycles. The van der Waals surface area contributed by atoms with Gasteiger partial charge in [0.15, 0.2) is 5.54 Å². The molecule has 1 spiro atoms. The Kier molecular flexibility index (Phi) is 3.28. The lowest BCUT2D eigenvalue weighted by molar-refractivity contribution is -0.141. The van der Waals surface area contributed by atoms with Gasteiger partial charge < -0.3 is 5.32 Å². The van der Waals surface area contributed by atoms with Crippen LogP contribution in [0.2, 0.25) is 0 Å². The Balaban J connectivity index is 1.84. The molecule has 24 heavy (non-hydrogen) atoms. The van der Waals surface area contributed by atoms with Gasteiger partial charge in [0, 0.05) is 36.1 Å². The van der Waals surface area contributed by atoms with E-state index in [-0.39, 0.29) is 23.6 Å². The highest BCUT2D eigenvalue weighted by Crippen LogP contribution is 2.45. The molecule has 1 atom stereocenters. The Morgan fingerprint density at radius 3 is 2.92 bits per heavy atom. The van der Waals surface area contributed by atoms with Crippen LogP contribution in [0.25, 0.3) is 0 Å². The number of fused-ring (bicyclic) bond motifs is 1. The van der Waals surface area contributed by atoms with Crippen molar-refractivity contribution >= 4 is 29.3 Å². The van der Waals surface area contributed by atoms with Crippen molar-refractivity contribution in [1.29, 1.82) is 0 Å². The molecule has 1 unspecified atom stereocenters. The molecular formula is C16H13F2N3O2S. The van der Waals surface area contributed by atoms with Crippen LogP contribution in [0.5, 0.6) is 0 Å². The van der Waals surface area contributed by atoms with Gasteiger partial charge >= 0.3 is 0 Å². The number of nitrogens with one attached hydrogen (secondary N) is 1. The number of amides is 2. The van der Waals surface area contributed by atoms with E-state index in [2.05, 4.69) is 10.4 Å². The fourth-order valence-corrected chi connectivity index (χ4v) is 4.63. The van der Waals surface area contributed by atoms with E-state index in [0.29, 0.717) is 11.5 Å². The third-order valence-electron chi connectivity index (χ3n) is 4.54. The second-order valence-electron chi connectivity index (χ2n) is 5.94. The van der Waals surface area contributed by atoms with Gasteiger partial charge in [0.1, 0.15) is 11.6 Å². The summed E-state index contributed by atoms with van der Waals surface area (Å²) in [5, 5.41) is 8.13. The molecule has 3 aliphatic heterocycles. The topological polar surface area (TPSA) is 61.8 Å². The third kappa shape index (κ3) is 1.95. The van der Waals surface area contributed by atoms with Gasteiger partial charge in [-0.05, 0) is 23.8 Å². The number of hydrazone groups is 1. The zero-order valence-corrected chi connectivity index (χ0v) is 13.5. The van der Waals surface area contributed by atoms with E-state index in [1.807, 2.05) is 0 Å². The van der Waals surface area contributed by atoms with Crippen LogP contribution < -0.4 is 5.32 Å². The number of carbonyl (C=O) groups excluding carboxylic acids is 2. The van der Waals surface area contributed by atoms with E-state index >= 15 is 0 Å². The van der Waals surface area contributed by atoms with Gasteiger partial charge in [-0.2, -0.15) is 16.9 Å². The lowest BCUT2D eigenvalue weighted by atomic mass is 9.85. The minimum atomic E-state index is -1.25. The van der Waals surface area contributed by atoms with E-state index < -0.39 is 23.1 Å². The van der Waals surface area contributed by atoms with E-state index in [9.17, 15) is 18.4 Å². The molecule has 5 nitrogen and oxygen atoms in total. The Bertz CT molecular complexity index is 852. The van der Waals surface area contributed by atoms with Crippen molar-refractivity contribution in [2.75, 3.05) is 11.5 Å². The number of hydrogen-bond acceptors (Lipinski definition) is 4. The van der Waals surface area contributed by atoms with E-state index in [1.54, 1.807) is 11.8 Å². The van der Waals surface area contributed by atoms with Crippen LogP contribution in [0.3, 0.4) is 0 Å². The highest BCUT2D eigenvalue weighted by atomic mass is 32.2. The predicted octanol–water partition coefficient (Wildman–Crippen LogP) is 1.79. The van der Waals surface area contributed by atoms with Gasteiger partial charge in [0.25, 0.3) is 5.91 Å². The molecule has 1 aromatic rings. The molecule has 0 aliphatic carbocycles. The van der Waals surface area contributed by atoms with Crippen LogP contribution in [-0.2, 0) is 9.59 Å². The molecule has 1 aromatic carbocycles. The van der Waals surface area contributed by atoms with E-state index in [1.165, 1.54) is 6.92 Å². The van der Waals surface area contributed by atoms with Gasteiger partial charge in [-0.3, -0.25) is 9.59 Å². The number of benzene rings is 1. The molecular weight excluding hydrogens is 336 g/mol. The number of nitrogens with zero attached hydrogens (tertiary/aromatic N) is 2. The summed E-state index contributed by atoms with van der Waals surface area (Å²) >= 11 is 1.63. The molecule has 4 rings (SSSR count). The predicted molar refractivity (Wildman–Crippen MR) is 85.3 cm³/mol. The standard InChI is InChI=1S/C16H13F2N3O2S/c1-8(22)21-16(11-6-24-7-14(11)19-15(16)23)5-13(20-21)10-4-9(17)2-3-12(10)18/h2-4H,5-7H2,1H3,(H,19,23). The number of thioether (sulfide) groups is 1. The first-order chi connectivity index (χ1) is 11.4. The quantitative estimate of drug-likeness (QED) is 0.841. The van der Waals surface area contributed by atoms with Gasteiger partial charge in [-0.25, -0.2) is 13.8 Å². The van der Waals surface area contributed by atoms with Gasteiger partial charge in [0.05, 0.1) is 5.71 Å². The summed E-state index contributed by atoms with van der Waals surface area (Å²) in [5.74, 6) is -0.716. The minimum absolute atomic E-state index is 0.0226. The Morgan fingerprint density at radius 1 is 1.38 bits per heavy atom. The Morgan fingerprint density at radius 2 is 2.17 bits per heavy atom. The Labute approximate surface area is 140 Å². The first-order valence-electron chi connectivity index (χ1n) is 7.39. The van der Waals surface area contributed by atoms with Crippen LogP contribution in [0.1, 0.15) is 18.9 Å². The van der Waals surface area contributed by atoms with Crippen LogP contribution in [0, 0.1) is 11.6 Å². The van der Waals surface area contributed by atoms with E-state index in [0.717, 1.165) is 34.5 Å². The van der Waals surface area contributed by atoms with E-state index in [4.69, 9.17) is 0 Å². The molecule has 124 valence electrons. The molecule has 0 saturated carbocycles. The van der Waals surface area contributed by atoms with Gasteiger partial charge in [-0.1, -0.05) is 0 Å². The SMILES string of the molecule is CC(=O)N1N=C(c2cc(F)ccc2F)CC12C(=O)NC1=C2CSC1. The van der Waals surface area contributed by atoms with Crippen molar-refractivity contribution in [2.24, 2.45) is 5.10 Å². The molecule has 3 heterocycles. The molecule has 0 saturated heterocycles. The molecule has 8 heteroatoms. The maximum Gasteiger partial charge on any atom is 0.257 e. The fourth-order valence-electron chi connectivity index (χ4n) is 3.46. The number of halogens is 2. The maximum atomic E-state index is 14.1. The average molecular weight is 349 g/mol. The fraction of sp³-hybridized carbons (Fsp3) is 0.312. The summed E-state index contributed by atoms with van der Waals surface area (Å²) in [6, 6.07) is 3.07. The second kappa shape index (κ2) is 5.14. The zero-order valence-electron chi connectivity index (χ0n) is 12.7. The van der Waals surface area contributed by atoms with Crippen LogP contribution in [0.4, 0.5) is 8.78 Å². The highest BCUT2D eigenvalue weighted by molar-refractivity contribution is 7.99. The van der Waals surface area contributed by atoms with Gasteiger partial charge in [-0.15, -0.1) is 0 Å². The number of carbonyl (C=O) groups is 2. The lowest BCUT2D eigenvalue weighted by Crippen LogP contribution is -2.53. The molecule has 3 aliphatic rings. The van der Waals surface area contributed by atoms with Gasteiger partial charge in [0.2, 0.25) is 5.91 Å². The molecule has 0 bridgehead atoms. The average Bonchev–Trinajstić information content (AvgIpc) is 3.19. The van der Waals surface area contributed by atoms with Crippen molar-refractivity contribution in [2.45, 2.75) is 18.9 Å². The minimum Gasteiger partial charge on any atom is -0.326 e. The van der Waals surface area contributed by atoms with Crippen molar-refractivity contribution in [3.8, 4) is 0 Å². The Hall–Kier alpha value is -2.22. The van der Waals surface area contributed by atoms with Crippen LogP contribution in [0.15, 0.2) is 34.6 Å². The molecule has 2 amide bonds. The number of rotatable bonds is 1. The summed E-state index contributed by atoms with van der Waals surface area (Å²) in [6.45, 7) is 1.31. The lowest BCUT2D eigenvalue weighted by Gasteiger charge is -2.31. The molecule has 0 fully saturated rings. The van der Waals surface area contributed by atoms with Crippen molar-refractivity contribution in [3.63, 3.8) is 0 Å². The normalized spacial score (nSPS) is 25.4. The zero-order chi connectivity index (χ0) is 17.1. The van der Waals surface area contributed by atoms with Crippen LogP contribution in [-0.4, -0.2) is 39.6 Å². The summed E-state index contributed by atoms with van der Waals surface area (Å²) < 4.78 is 27.6. The first-order valence-corrected chi connectivity index (χ1v) is 8.54. The van der Waals surface area contributed by atoms with Crippen molar-refractivity contribution in [1.82, 2.24) is 10.3 Å². The molecule has 0 radical (unpaired) electrons. The summed E-state index contributed by atoms with van der Waals surface area (Å²) in [4.78, 5) is 24.8. The summed E-state index contributed by atoms with van der Waals surface area (Å²) in [5.41, 5.74) is 0.531. The second-order valence-corrected chi connectivity index (χ2v) is 6.93. The smallest absolute Gasteiger partial charge is 0.257 e. The van der Waals surface area contributed by atoms with Crippen LogP contribution >= 0.6 is 11.8 Å². The first kappa shape index (κ1) is 15.3. The van der Waals surface area contributed by atoms with Crippen molar-refractivity contribution in [3.05, 3.63) is 46.7 Å².